The van der Waals surface area contributed by atoms with Gasteiger partial charge in [-0.3, -0.25) is 10.1 Å². The number of hydrogen-bond acceptors (Lipinski definition) is 5. The fourth-order valence-corrected chi connectivity index (χ4v) is 3.60. The maximum absolute atomic E-state index is 11.4. The van der Waals surface area contributed by atoms with Crippen molar-refractivity contribution in [2.45, 2.75) is 59.6 Å². The molecule has 0 aliphatic rings. The van der Waals surface area contributed by atoms with E-state index in [0.29, 0.717) is 15.8 Å². The van der Waals surface area contributed by atoms with Crippen LogP contribution < -0.4 is 4.90 Å². The third-order valence-corrected chi connectivity index (χ3v) is 4.86. The molecule has 120 valence electrons. The first-order valence-electron chi connectivity index (χ1n) is 7.54. The molecule has 0 aliphatic carbocycles. The first kappa shape index (κ1) is 17.9. The van der Waals surface area contributed by atoms with Crippen molar-refractivity contribution in [3.8, 4) is 0 Å². The largest absolute Gasteiger partial charge is 0.388 e. The molecule has 1 aromatic heterocycles. The summed E-state index contributed by atoms with van der Waals surface area (Å²) >= 11 is 1.34. The monoisotopic (exact) mass is 314 g/mol. The molecule has 6 heteroatoms. The molecule has 0 bridgehead atoms. The van der Waals surface area contributed by atoms with Crippen molar-refractivity contribution in [1.29, 1.82) is 0 Å². The summed E-state index contributed by atoms with van der Waals surface area (Å²) in [6.45, 7) is 10.9. The summed E-state index contributed by atoms with van der Waals surface area (Å²) in [5.74, 6) is 0.419. The normalized spacial score (nSPS) is 13.0. The summed E-state index contributed by atoms with van der Waals surface area (Å²) in [6.07, 6.45) is 1.22. The van der Waals surface area contributed by atoms with Crippen molar-refractivity contribution in [2.75, 3.05) is 11.4 Å². The lowest BCUT2D eigenvalue weighted by Gasteiger charge is -2.32. The Morgan fingerprint density at radius 1 is 1.33 bits per heavy atom. The van der Waals surface area contributed by atoms with Gasteiger partial charge in [0.1, 0.15) is 0 Å². The highest BCUT2D eigenvalue weighted by Gasteiger charge is 2.28. The van der Waals surface area contributed by atoms with Crippen molar-refractivity contribution in [3.05, 3.63) is 21.1 Å². The van der Waals surface area contributed by atoms with Crippen molar-refractivity contribution in [2.24, 2.45) is 5.92 Å². The van der Waals surface area contributed by atoms with Gasteiger partial charge in [-0.1, -0.05) is 27.7 Å². The smallest absolute Gasteiger partial charge is 0.304 e. The molecule has 0 unspecified atom stereocenters. The molecule has 0 saturated carbocycles. The van der Waals surface area contributed by atoms with E-state index in [2.05, 4.69) is 32.6 Å². The van der Waals surface area contributed by atoms with E-state index in [1.165, 1.54) is 17.4 Å². The van der Waals surface area contributed by atoms with Gasteiger partial charge >= 0.3 is 5.69 Å². The molecule has 0 spiro atoms. The number of nitrogens with zero attached hydrogens (tertiary/aromatic N) is 2. The Morgan fingerprint density at radius 3 is 2.29 bits per heavy atom. The third-order valence-electron chi connectivity index (χ3n) is 3.53. The second kappa shape index (κ2) is 7.75. The van der Waals surface area contributed by atoms with E-state index < -0.39 is 6.10 Å². The van der Waals surface area contributed by atoms with Crippen LogP contribution in [0.1, 0.15) is 58.4 Å². The number of nitro groups is 1. The maximum Gasteiger partial charge on any atom is 0.304 e. The predicted octanol–water partition coefficient (Wildman–Crippen LogP) is 4.36. The standard InChI is InChI=1S/C15H26N2O3S/c1-6-12(7-2)16(9-10(3)4)15-13(17(19)20)8-14(21-15)11(5)18/h8,10-12,18H,6-7,9H2,1-5H3/t11-/m1/s1. The first-order valence-corrected chi connectivity index (χ1v) is 8.36. The molecule has 0 radical (unpaired) electrons. The lowest BCUT2D eigenvalue weighted by Crippen LogP contribution is -2.37. The molecule has 1 rings (SSSR count). The van der Waals surface area contributed by atoms with Gasteiger partial charge in [0.25, 0.3) is 0 Å². The average molecular weight is 314 g/mol. The lowest BCUT2D eigenvalue weighted by molar-refractivity contribution is -0.383. The Kier molecular flexibility index (Phi) is 6.61. The highest BCUT2D eigenvalue weighted by Crippen LogP contribution is 2.41. The van der Waals surface area contributed by atoms with Crippen molar-refractivity contribution >= 4 is 22.0 Å². The Morgan fingerprint density at radius 2 is 1.90 bits per heavy atom. The number of rotatable bonds is 8. The molecule has 0 aromatic carbocycles. The molecular formula is C15H26N2O3S. The SMILES string of the molecule is CCC(CC)N(CC(C)C)c1sc([C@@H](C)O)cc1[N+](=O)[O-]. The molecule has 0 amide bonds. The molecular weight excluding hydrogens is 288 g/mol. The van der Waals surface area contributed by atoms with E-state index in [1.54, 1.807) is 6.92 Å². The number of aliphatic hydroxyl groups is 1. The van der Waals surface area contributed by atoms with Crippen molar-refractivity contribution < 1.29 is 10.0 Å². The highest BCUT2D eigenvalue weighted by atomic mass is 32.1. The van der Waals surface area contributed by atoms with Crippen LogP contribution in [-0.2, 0) is 0 Å². The third kappa shape index (κ3) is 4.41. The number of anilines is 1. The molecule has 21 heavy (non-hydrogen) atoms. The minimum Gasteiger partial charge on any atom is -0.388 e. The first-order chi connectivity index (χ1) is 9.81. The van der Waals surface area contributed by atoms with Crippen LogP contribution in [0.5, 0.6) is 0 Å². The number of thiophene rings is 1. The van der Waals surface area contributed by atoms with Gasteiger partial charge in [0.05, 0.1) is 11.0 Å². The number of aliphatic hydroxyl groups excluding tert-OH is 1. The van der Waals surface area contributed by atoms with Gasteiger partial charge in [-0.2, -0.15) is 0 Å². The summed E-state index contributed by atoms with van der Waals surface area (Å²) in [7, 11) is 0. The van der Waals surface area contributed by atoms with Gasteiger partial charge in [-0.15, -0.1) is 11.3 Å². The zero-order chi connectivity index (χ0) is 16.2. The Balaban J connectivity index is 3.30. The zero-order valence-corrected chi connectivity index (χ0v) is 14.3. The number of hydrogen-bond donors (Lipinski definition) is 1. The van der Waals surface area contributed by atoms with Crippen LogP contribution in [0.3, 0.4) is 0 Å². The van der Waals surface area contributed by atoms with E-state index in [1.807, 2.05) is 0 Å². The van der Waals surface area contributed by atoms with Gasteiger partial charge in [0.15, 0.2) is 5.00 Å². The summed E-state index contributed by atoms with van der Waals surface area (Å²) in [5.41, 5.74) is 0.114. The predicted molar refractivity (Wildman–Crippen MR) is 88.2 cm³/mol. The fourth-order valence-electron chi connectivity index (χ4n) is 2.45. The van der Waals surface area contributed by atoms with E-state index in [4.69, 9.17) is 0 Å². The molecule has 1 N–H and O–H groups in total. The summed E-state index contributed by atoms with van der Waals surface area (Å²) < 4.78 is 0. The molecule has 5 nitrogen and oxygen atoms in total. The molecule has 1 aromatic rings. The van der Waals surface area contributed by atoms with Gasteiger partial charge in [0, 0.05) is 23.5 Å². The second-order valence-corrected chi connectivity index (χ2v) is 6.85. The van der Waals surface area contributed by atoms with E-state index in [9.17, 15) is 15.2 Å². The summed E-state index contributed by atoms with van der Waals surface area (Å²) in [5, 5.41) is 21.8. The van der Waals surface area contributed by atoms with E-state index >= 15 is 0 Å². The molecule has 1 atom stereocenters. The highest BCUT2D eigenvalue weighted by molar-refractivity contribution is 7.16. The van der Waals surface area contributed by atoms with Crippen LogP contribution in [0.4, 0.5) is 10.7 Å². The molecule has 0 saturated heterocycles. The Bertz CT molecular complexity index is 467. The van der Waals surface area contributed by atoms with Crippen molar-refractivity contribution in [3.63, 3.8) is 0 Å². The quantitative estimate of drug-likeness (QED) is 0.572. The summed E-state index contributed by atoms with van der Waals surface area (Å²) in [4.78, 5) is 13.8. The van der Waals surface area contributed by atoms with Gasteiger partial charge in [-0.25, -0.2) is 0 Å². The van der Waals surface area contributed by atoms with Gasteiger partial charge in [-0.05, 0) is 25.7 Å². The van der Waals surface area contributed by atoms with Crippen LogP contribution in [0.15, 0.2) is 6.07 Å². The van der Waals surface area contributed by atoms with Crippen LogP contribution >= 0.6 is 11.3 Å². The zero-order valence-electron chi connectivity index (χ0n) is 13.5. The van der Waals surface area contributed by atoms with E-state index in [-0.39, 0.29) is 16.7 Å². The molecule has 1 heterocycles. The minimum atomic E-state index is -0.676. The van der Waals surface area contributed by atoms with Gasteiger partial charge < -0.3 is 10.0 Å². The van der Waals surface area contributed by atoms with Crippen LogP contribution in [0.25, 0.3) is 0 Å². The van der Waals surface area contributed by atoms with Crippen LogP contribution in [-0.4, -0.2) is 22.6 Å². The fraction of sp³-hybridized carbons (Fsp3) is 0.733. The van der Waals surface area contributed by atoms with Crippen LogP contribution in [0, 0.1) is 16.0 Å². The Labute approximate surface area is 130 Å². The molecule has 0 aliphatic heterocycles. The van der Waals surface area contributed by atoms with E-state index in [0.717, 1.165) is 19.4 Å². The topological polar surface area (TPSA) is 66.6 Å². The molecule has 0 fully saturated rings. The lowest BCUT2D eigenvalue weighted by atomic mass is 10.1. The Hall–Kier alpha value is -1.14. The van der Waals surface area contributed by atoms with Crippen molar-refractivity contribution in [1.82, 2.24) is 0 Å². The maximum atomic E-state index is 11.4. The average Bonchev–Trinajstić information content (AvgIpc) is 2.83. The minimum absolute atomic E-state index is 0.114. The van der Waals surface area contributed by atoms with Gasteiger partial charge in [0.2, 0.25) is 0 Å². The van der Waals surface area contributed by atoms with Crippen LogP contribution in [0.2, 0.25) is 0 Å². The second-order valence-electron chi connectivity index (χ2n) is 5.79. The summed E-state index contributed by atoms with van der Waals surface area (Å²) in [6, 6.07) is 1.80.